The van der Waals surface area contributed by atoms with Gasteiger partial charge in [-0.3, -0.25) is 9.69 Å². The van der Waals surface area contributed by atoms with Crippen LogP contribution in [-0.2, 0) is 10.5 Å². The fourth-order valence-corrected chi connectivity index (χ4v) is 3.69. The second-order valence-electron chi connectivity index (χ2n) is 5.98. The first-order valence-electron chi connectivity index (χ1n) is 7.98. The van der Waals surface area contributed by atoms with Gasteiger partial charge < -0.3 is 14.5 Å². The van der Waals surface area contributed by atoms with E-state index in [1.54, 1.807) is 17.8 Å². The van der Waals surface area contributed by atoms with Crippen LogP contribution in [0.4, 0.5) is 0 Å². The minimum atomic E-state index is -0.134. The largest absolute Gasteiger partial charge is 0.455 e. The first-order valence-corrected chi connectivity index (χ1v) is 9.37. The van der Waals surface area contributed by atoms with Gasteiger partial charge in [0.2, 0.25) is 0 Å². The van der Waals surface area contributed by atoms with Crippen LogP contribution >= 0.6 is 11.8 Å². The summed E-state index contributed by atoms with van der Waals surface area (Å²) in [7, 11) is 0. The predicted molar refractivity (Wildman–Crippen MR) is 87.2 cm³/mol. The summed E-state index contributed by atoms with van der Waals surface area (Å²) >= 11 is 1.68. The summed E-state index contributed by atoms with van der Waals surface area (Å²) in [5.74, 6) is 1.89. The Balaban J connectivity index is 1.59. The Labute approximate surface area is 135 Å². The number of piperidine rings is 1. The first kappa shape index (κ1) is 15.9. The van der Waals surface area contributed by atoms with Gasteiger partial charge in [-0.1, -0.05) is 6.42 Å². The van der Waals surface area contributed by atoms with Gasteiger partial charge in [-0.2, -0.15) is 11.8 Å². The molecule has 1 amide bonds. The zero-order valence-electron chi connectivity index (χ0n) is 13.0. The molecule has 6 heteroatoms. The lowest BCUT2D eigenvalue weighted by atomic mass is 10.0. The summed E-state index contributed by atoms with van der Waals surface area (Å²) in [6.45, 7) is 3.52. The average Bonchev–Trinajstić information content (AvgIpc) is 3.18. The van der Waals surface area contributed by atoms with E-state index in [9.17, 15) is 4.79 Å². The lowest BCUT2D eigenvalue weighted by molar-refractivity contribution is 0.0871. The number of nitrogens with one attached hydrogen (secondary N) is 1. The maximum atomic E-state index is 12.4. The Kier molecular flexibility index (Phi) is 5.44. The van der Waals surface area contributed by atoms with Crippen LogP contribution in [0.1, 0.15) is 35.6 Å². The highest BCUT2D eigenvalue weighted by Gasteiger charge is 2.35. The lowest BCUT2D eigenvalue weighted by Gasteiger charge is -2.34. The predicted octanol–water partition coefficient (Wildman–Crippen LogP) is 2.13. The van der Waals surface area contributed by atoms with Crippen molar-refractivity contribution in [2.24, 2.45) is 0 Å². The molecular formula is C16H24N2O3S. The number of ether oxygens (including phenoxy) is 1. The summed E-state index contributed by atoms with van der Waals surface area (Å²) in [6.07, 6.45) is 5.81. The van der Waals surface area contributed by atoms with Crippen molar-refractivity contribution in [2.75, 3.05) is 32.6 Å². The molecule has 5 nitrogen and oxygen atoms in total. The zero-order chi connectivity index (χ0) is 15.4. The van der Waals surface area contributed by atoms with E-state index >= 15 is 0 Å². The van der Waals surface area contributed by atoms with Crippen molar-refractivity contribution >= 4 is 17.7 Å². The SMILES string of the molecule is CSCc1ccc(C(=O)N[C@@H]2COC[C@H]2N2CCCCC2)o1. The molecule has 1 N–H and O–H groups in total. The molecule has 3 rings (SSSR count). The molecule has 2 aliphatic heterocycles. The number of hydrogen-bond acceptors (Lipinski definition) is 5. The van der Waals surface area contributed by atoms with Crippen molar-refractivity contribution in [1.29, 1.82) is 0 Å². The number of carbonyl (C=O) groups is 1. The molecule has 0 aromatic carbocycles. The maximum Gasteiger partial charge on any atom is 0.287 e. The Morgan fingerprint density at radius 1 is 1.32 bits per heavy atom. The number of rotatable bonds is 5. The second-order valence-corrected chi connectivity index (χ2v) is 6.85. The standard InChI is InChI=1S/C16H24N2O3S/c1-22-11-12-5-6-15(21-12)16(19)17-13-9-20-10-14(13)18-7-3-2-4-8-18/h5-6,13-14H,2-4,7-11H2,1H3,(H,17,19)/t13-,14-/m1/s1. The Morgan fingerprint density at radius 2 is 2.14 bits per heavy atom. The molecule has 2 atom stereocenters. The van der Waals surface area contributed by atoms with E-state index in [1.165, 1.54) is 19.3 Å². The van der Waals surface area contributed by atoms with Crippen LogP contribution in [0.2, 0.25) is 0 Å². The fraction of sp³-hybridized carbons (Fsp3) is 0.688. The number of hydrogen-bond donors (Lipinski definition) is 1. The number of thioether (sulfide) groups is 1. The van der Waals surface area contributed by atoms with E-state index in [2.05, 4.69) is 10.2 Å². The zero-order valence-corrected chi connectivity index (χ0v) is 13.9. The molecule has 1 aromatic rings. The summed E-state index contributed by atoms with van der Waals surface area (Å²) in [5, 5.41) is 3.09. The molecule has 0 aliphatic carbocycles. The Bertz CT molecular complexity index is 499. The molecule has 122 valence electrons. The topological polar surface area (TPSA) is 54.7 Å². The molecular weight excluding hydrogens is 300 g/mol. The third kappa shape index (κ3) is 3.67. The van der Waals surface area contributed by atoms with E-state index in [0.717, 1.165) is 24.6 Å². The van der Waals surface area contributed by atoms with E-state index in [1.807, 2.05) is 12.3 Å². The number of amides is 1. The van der Waals surface area contributed by atoms with Crippen LogP contribution in [0.15, 0.2) is 16.5 Å². The fourth-order valence-electron chi connectivity index (χ4n) is 3.25. The highest BCUT2D eigenvalue weighted by molar-refractivity contribution is 7.97. The third-order valence-electron chi connectivity index (χ3n) is 4.40. The van der Waals surface area contributed by atoms with Gasteiger partial charge in [0.25, 0.3) is 5.91 Å². The normalized spacial score (nSPS) is 26.2. The molecule has 22 heavy (non-hydrogen) atoms. The molecule has 3 heterocycles. The van der Waals surface area contributed by atoms with Gasteiger partial charge >= 0.3 is 0 Å². The highest BCUT2D eigenvalue weighted by atomic mass is 32.2. The van der Waals surface area contributed by atoms with Gasteiger partial charge in [-0.05, 0) is 44.3 Å². The highest BCUT2D eigenvalue weighted by Crippen LogP contribution is 2.20. The lowest BCUT2D eigenvalue weighted by Crippen LogP contribution is -2.52. The van der Waals surface area contributed by atoms with Gasteiger partial charge in [0.15, 0.2) is 5.76 Å². The van der Waals surface area contributed by atoms with Crippen molar-refractivity contribution in [2.45, 2.75) is 37.1 Å². The minimum Gasteiger partial charge on any atom is -0.455 e. The second kappa shape index (κ2) is 7.53. The molecule has 2 saturated heterocycles. The summed E-state index contributed by atoms with van der Waals surface area (Å²) in [4.78, 5) is 14.8. The molecule has 0 saturated carbocycles. The van der Waals surface area contributed by atoms with Crippen molar-refractivity contribution < 1.29 is 13.9 Å². The van der Waals surface area contributed by atoms with E-state index in [0.29, 0.717) is 25.0 Å². The van der Waals surface area contributed by atoms with E-state index in [4.69, 9.17) is 9.15 Å². The third-order valence-corrected chi connectivity index (χ3v) is 4.97. The molecule has 0 radical (unpaired) electrons. The average molecular weight is 324 g/mol. The monoisotopic (exact) mass is 324 g/mol. The van der Waals surface area contributed by atoms with E-state index < -0.39 is 0 Å². The number of carbonyl (C=O) groups excluding carboxylic acids is 1. The van der Waals surface area contributed by atoms with Crippen molar-refractivity contribution in [1.82, 2.24) is 10.2 Å². The smallest absolute Gasteiger partial charge is 0.287 e. The first-order chi connectivity index (χ1) is 10.8. The quantitative estimate of drug-likeness (QED) is 0.899. The molecule has 2 aliphatic rings. The number of likely N-dealkylation sites (tertiary alicyclic amines) is 1. The summed E-state index contributed by atoms with van der Waals surface area (Å²) in [5.41, 5.74) is 0. The number of nitrogens with zero attached hydrogens (tertiary/aromatic N) is 1. The molecule has 2 fully saturated rings. The van der Waals surface area contributed by atoms with Crippen molar-refractivity contribution in [3.63, 3.8) is 0 Å². The summed E-state index contributed by atoms with van der Waals surface area (Å²) in [6, 6.07) is 3.98. The van der Waals surface area contributed by atoms with Crippen LogP contribution in [0, 0.1) is 0 Å². The summed E-state index contributed by atoms with van der Waals surface area (Å²) < 4.78 is 11.2. The maximum absolute atomic E-state index is 12.4. The Hall–Kier alpha value is -0.980. The van der Waals surface area contributed by atoms with E-state index in [-0.39, 0.29) is 11.9 Å². The molecule has 1 aromatic heterocycles. The molecule has 0 spiro atoms. The Morgan fingerprint density at radius 3 is 2.91 bits per heavy atom. The van der Waals surface area contributed by atoms with Crippen molar-refractivity contribution in [3.05, 3.63) is 23.7 Å². The molecule has 0 bridgehead atoms. The van der Waals surface area contributed by atoms with Crippen LogP contribution < -0.4 is 5.32 Å². The van der Waals surface area contributed by atoms with Gasteiger partial charge in [0.05, 0.1) is 31.1 Å². The van der Waals surface area contributed by atoms with Gasteiger partial charge in [-0.25, -0.2) is 0 Å². The van der Waals surface area contributed by atoms with Gasteiger partial charge in [-0.15, -0.1) is 0 Å². The van der Waals surface area contributed by atoms with Crippen molar-refractivity contribution in [3.8, 4) is 0 Å². The number of furan rings is 1. The van der Waals surface area contributed by atoms with Crippen LogP contribution in [0.25, 0.3) is 0 Å². The molecule has 0 unspecified atom stereocenters. The van der Waals surface area contributed by atoms with Crippen LogP contribution in [0.3, 0.4) is 0 Å². The van der Waals surface area contributed by atoms with Gasteiger partial charge in [0.1, 0.15) is 5.76 Å². The van der Waals surface area contributed by atoms with Gasteiger partial charge in [0, 0.05) is 0 Å². The van der Waals surface area contributed by atoms with Crippen LogP contribution in [0.5, 0.6) is 0 Å². The minimum absolute atomic E-state index is 0.0553. The van der Waals surface area contributed by atoms with Crippen LogP contribution in [-0.4, -0.2) is 55.4 Å².